The van der Waals surface area contributed by atoms with Gasteiger partial charge in [0.05, 0.1) is 30.4 Å². The SMILES string of the molecule is Cc1cc(-c2ncc(N3CC(C)OC(C)C3)nc2-c2ccoc2C)ccn1.Cl. The van der Waals surface area contributed by atoms with E-state index < -0.39 is 0 Å². The Balaban J connectivity index is 0.00000225. The first-order valence-electron chi connectivity index (χ1n) is 9.26. The van der Waals surface area contributed by atoms with Crippen LogP contribution in [0, 0.1) is 13.8 Å². The van der Waals surface area contributed by atoms with E-state index in [2.05, 4.69) is 23.7 Å². The van der Waals surface area contributed by atoms with E-state index in [1.165, 1.54) is 0 Å². The summed E-state index contributed by atoms with van der Waals surface area (Å²) in [5, 5.41) is 0. The lowest BCUT2D eigenvalue weighted by atomic mass is 10.0. The van der Waals surface area contributed by atoms with E-state index in [9.17, 15) is 0 Å². The molecule has 0 N–H and O–H groups in total. The van der Waals surface area contributed by atoms with Gasteiger partial charge in [-0.2, -0.15) is 0 Å². The topological polar surface area (TPSA) is 64.3 Å². The Morgan fingerprint density at radius 1 is 1.04 bits per heavy atom. The molecule has 4 rings (SSSR count). The van der Waals surface area contributed by atoms with Crippen molar-refractivity contribution in [3.8, 4) is 22.5 Å². The monoisotopic (exact) mass is 400 g/mol. The number of morpholine rings is 1. The minimum atomic E-state index is 0. The molecule has 1 fully saturated rings. The van der Waals surface area contributed by atoms with Crippen LogP contribution in [0.25, 0.3) is 22.5 Å². The van der Waals surface area contributed by atoms with Crippen LogP contribution in [0.4, 0.5) is 5.82 Å². The highest BCUT2D eigenvalue weighted by molar-refractivity contribution is 5.85. The van der Waals surface area contributed by atoms with Crippen molar-refractivity contribution in [2.24, 2.45) is 0 Å². The minimum absolute atomic E-state index is 0. The molecule has 0 aliphatic carbocycles. The maximum atomic E-state index is 5.85. The Morgan fingerprint density at radius 2 is 1.79 bits per heavy atom. The Hall–Kier alpha value is -2.44. The van der Waals surface area contributed by atoms with E-state index >= 15 is 0 Å². The summed E-state index contributed by atoms with van der Waals surface area (Å²) in [7, 11) is 0. The van der Waals surface area contributed by atoms with Gasteiger partial charge in [-0.25, -0.2) is 4.98 Å². The van der Waals surface area contributed by atoms with Gasteiger partial charge in [0.25, 0.3) is 0 Å². The summed E-state index contributed by atoms with van der Waals surface area (Å²) < 4.78 is 11.4. The zero-order chi connectivity index (χ0) is 19.0. The Bertz CT molecular complexity index is 949. The lowest BCUT2D eigenvalue weighted by molar-refractivity contribution is -0.00547. The summed E-state index contributed by atoms with van der Waals surface area (Å²) >= 11 is 0. The largest absolute Gasteiger partial charge is 0.469 e. The molecule has 2 unspecified atom stereocenters. The molecule has 4 heterocycles. The van der Waals surface area contributed by atoms with Crippen LogP contribution in [0.5, 0.6) is 0 Å². The van der Waals surface area contributed by atoms with Crippen LogP contribution >= 0.6 is 12.4 Å². The van der Waals surface area contributed by atoms with Crippen LogP contribution in [0.3, 0.4) is 0 Å². The first-order chi connectivity index (χ1) is 13.0. The highest BCUT2D eigenvalue weighted by Crippen LogP contribution is 2.33. The number of aromatic nitrogens is 3. The third-order valence-electron chi connectivity index (χ3n) is 4.79. The first kappa shape index (κ1) is 20.3. The number of furan rings is 1. The first-order valence-corrected chi connectivity index (χ1v) is 9.26. The second kappa shape index (κ2) is 8.29. The summed E-state index contributed by atoms with van der Waals surface area (Å²) in [6.45, 7) is 9.71. The smallest absolute Gasteiger partial charge is 0.148 e. The Labute approximate surface area is 171 Å². The molecular weight excluding hydrogens is 376 g/mol. The molecule has 148 valence electrons. The normalized spacial score (nSPS) is 19.4. The van der Waals surface area contributed by atoms with Gasteiger partial charge in [-0.1, -0.05) is 0 Å². The average molecular weight is 401 g/mol. The molecule has 0 spiro atoms. The maximum Gasteiger partial charge on any atom is 0.148 e. The molecule has 0 aromatic carbocycles. The van der Waals surface area contributed by atoms with E-state index in [-0.39, 0.29) is 24.6 Å². The van der Waals surface area contributed by atoms with Gasteiger partial charge in [-0.15, -0.1) is 12.4 Å². The molecule has 1 saturated heterocycles. The number of hydrogen-bond donors (Lipinski definition) is 0. The van der Waals surface area contributed by atoms with Crippen molar-refractivity contribution in [3.05, 3.63) is 48.3 Å². The van der Waals surface area contributed by atoms with Gasteiger partial charge >= 0.3 is 0 Å². The number of rotatable bonds is 3. The van der Waals surface area contributed by atoms with E-state index in [0.717, 1.165) is 52.9 Å². The van der Waals surface area contributed by atoms with Gasteiger partial charge in [-0.05, 0) is 45.9 Å². The number of anilines is 1. The summed E-state index contributed by atoms with van der Waals surface area (Å²) in [6.07, 6.45) is 5.68. The fraction of sp³-hybridized carbons (Fsp3) is 0.381. The fourth-order valence-electron chi connectivity index (χ4n) is 3.62. The molecule has 0 radical (unpaired) electrons. The van der Waals surface area contributed by atoms with Gasteiger partial charge < -0.3 is 14.1 Å². The number of ether oxygens (including phenoxy) is 1. The van der Waals surface area contributed by atoms with Crippen LogP contribution in [0.2, 0.25) is 0 Å². The molecule has 2 atom stereocenters. The molecule has 0 amide bonds. The highest BCUT2D eigenvalue weighted by atomic mass is 35.5. The number of nitrogens with zero attached hydrogens (tertiary/aromatic N) is 4. The second-order valence-corrected chi connectivity index (χ2v) is 7.16. The van der Waals surface area contributed by atoms with Crippen molar-refractivity contribution >= 4 is 18.2 Å². The van der Waals surface area contributed by atoms with Crippen molar-refractivity contribution in [1.29, 1.82) is 0 Å². The minimum Gasteiger partial charge on any atom is -0.469 e. The number of pyridine rings is 1. The van der Waals surface area contributed by atoms with Gasteiger partial charge in [0.15, 0.2) is 0 Å². The third kappa shape index (κ3) is 4.03. The summed E-state index contributed by atoms with van der Waals surface area (Å²) in [5.74, 6) is 1.69. The zero-order valence-electron chi connectivity index (χ0n) is 16.5. The van der Waals surface area contributed by atoms with Crippen LogP contribution < -0.4 is 4.90 Å². The highest BCUT2D eigenvalue weighted by Gasteiger charge is 2.25. The molecular formula is C21H25ClN4O2. The predicted molar refractivity (Wildman–Crippen MR) is 112 cm³/mol. The summed E-state index contributed by atoms with van der Waals surface area (Å²) in [5.41, 5.74) is 4.58. The second-order valence-electron chi connectivity index (χ2n) is 7.16. The molecule has 0 bridgehead atoms. The summed E-state index contributed by atoms with van der Waals surface area (Å²) in [6, 6.07) is 5.95. The molecule has 1 aliphatic heterocycles. The van der Waals surface area contributed by atoms with Crippen LogP contribution in [0.1, 0.15) is 25.3 Å². The predicted octanol–water partition coefficient (Wildman–Crippen LogP) is 4.45. The average Bonchev–Trinajstić information content (AvgIpc) is 3.06. The van der Waals surface area contributed by atoms with E-state index in [4.69, 9.17) is 19.1 Å². The van der Waals surface area contributed by atoms with E-state index in [1.54, 1.807) is 12.5 Å². The quantitative estimate of drug-likeness (QED) is 0.647. The van der Waals surface area contributed by atoms with Crippen molar-refractivity contribution in [2.45, 2.75) is 39.9 Å². The Morgan fingerprint density at radius 3 is 2.43 bits per heavy atom. The van der Waals surface area contributed by atoms with Crippen LogP contribution in [0.15, 0.2) is 41.3 Å². The van der Waals surface area contributed by atoms with Gasteiger partial charge in [-0.3, -0.25) is 9.97 Å². The molecule has 1 aliphatic rings. The van der Waals surface area contributed by atoms with Crippen LogP contribution in [-0.2, 0) is 4.74 Å². The molecule has 0 saturated carbocycles. The Kier molecular flexibility index (Phi) is 6.01. The van der Waals surface area contributed by atoms with Gasteiger partial charge in [0.2, 0.25) is 0 Å². The number of aryl methyl sites for hydroxylation is 2. The number of hydrogen-bond acceptors (Lipinski definition) is 6. The van der Waals surface area contributed by atoms with Crippen molar-refractivity contribution in [2.75, 3.05) is 18.0 Å². The van der Waals surface area contributed by atoms with Crippen molar-refractivity contribution in [3.63, 3.8) is 0 Å². The zero-order valence-corrected chi connectivity index (χ0v) is 17.4. The molecule has 3 aromatic heterocycles. The van der Waals surface area contributed by atoms with E-state index in [0.29, 0.717) is 0 Å². The lowest BCUT2D eigenvalue weighted by Gasteiger charge is -2.36. The van der Waals surface area contributed by atoms with Gasteiger partial charge in [0, 0.05) is 36.1 Å². The van der Waals surface area contributed by atoms with E-state index in [1.807, 2.05) is 38.2 Å². The number of halogens is 1. The molecule has 3 aromatic rings. The molecule has 6 nitrogen and oxygen atoms in total. The van der Waals surface area contributed by atoms with Crippen molar-refractivity contribution < 1.29 is 9.15 Å². The maximum absolute atomic E-state index is 5.85. The van der Waals surface area contributed by atoms with Crippen molar-refractivity contribution in [1.82, 2.24) is 15.0 Å². The lowest BCUT2D eigenvalue weighted by Crippen LogP contribution is -2.45. The van der Waals surface area contributed by atoms with Gasteiger partial charge in [0.1, 0.15) is 17.3 Å². The standard InChI is InChI=1S/C21H24N4O2.ClH/c1-13-9-17(5-7-22-13)20-21(18-6-8-26-16(18)4)24-19(10-23-20)25-11-14(2)27-15(3)12-25;/h5-10,14-15H,11-12H2,1-4H3;1H. The molecule has 7 heteroatoms. The fourth-order valence-corrected chi connectivity index (χ4v) is 3.62. The third-order valence-corrected chi connectivity index (χ3v) is 4.79. The van der Waals surface area contributed by atoms with Crippen LogP contribution in [-0.4, -0.2) is 40.2 Å². The molecule has 28 heavy (non-hydrogen) atoms. The summed E-state index contributed by atoms with van der Waals surface area (Å²) in [4.78, 5) is 16.3.